The minimum Gasteiger partial charge on any atom is -0.387 e. The smallest absolute Gasteiger partial charge is 0.328 e. The SMILES string of the molecule is CCCn1ccn(CC(O)c2ccc(C)cc2)c1=O. The lowest BCUT2D eigenvalue weighted by molar-refractivity contribution is 0.155. The van der Waals surface area contributed by atoms with Gasteiger partial charge >= 0.3 is 5.69 Å². The number of rotatable bonds is 5. The first-order chi connectivity index (χ1) is 9.11. The summed E-state index contributed by atoms with van der Waals surface area (Å²) in [5, 5.41) is 10.2. The Morgan fingerprint density at radius 3 is 2.42 bits per heavy atom. The summed E-state index contributed by atoms with van der Waals surface area (Å²) < 4.78 is 3.22. The van der Waals surface area contributed by atoms with Crippen molar-refractivity contribution >= 4 is 0 Å². The summed E-state index contributed by atoms with van der Waals surface area (Å²) >= 11 is 0. The number of nitrogens with zero attached hydrogens (tertiary/aromatic N) is 2. The van der Waals surface area contributed by atoms with E-state index in [0.29, 0.717) is 13.1 Å². The van der Waals surface area contributed by atoms with Crippen molar-refractivity contribution in [2.75, 3.05) is 0 Å². The summed E-state index contributed by atoms with van der Waals surface area (Å²) in [6.45, 7) is 5.04. The van der Waals surface area contributed by atoms with Crippen LogP contribution in [-0.4, -0.2) is 14.2 Å². The summed E-state index contributed by atoms with van der Waals surface area (Å²) in [4.78, 5) is 12.0. The van der Waals surface area contributed by atoms with E-state index >= 15 is 0 Å². The topological polar surface area (TPSA) is 47.2 Å². The zero-order valence-corrected chi connectivity index (χ0v) is 11.4. The van der Waals surface area contributed by atoms with Crippen molar-refractivity contribution in [2.45, 2.75) is 39.5 Å². The van der Waals surface area contributed by atoms with Gasteiger partial charge in [0, 0.05) is 18.9 Å². The molecule has 4 heteroatoms. The molecule has 2 aromatic rings. The van der Waals surface area contributed by atoms with Gasteiger partial charge in [-0.25, -0.2) is 4.79 Å². The van der Waals surface area contributed by atoms with Crippen LogP contribution in [0.25, 0.3) is 0 Å². The fraction of sp³-hybridized carbons (Fsp3) is 0.400. The van der Waals surface area contributed by atoms with E-state index in [-0.39, 0.29) is 5.69 Å². The van der Waals surface area contributed by atoms with E-state index in [9.17, 15) is 9.90 Å². The van der Waals surface area contributed by atoms with Crippen LogP contribution >= 0.6 is 0 Å². The molecule has 1 aromatic heterocycles. The highest BCUT2D eigenvalue weighted by atomic mass is 16.3. The standard InChI is InChI=1S/C15H20N2O2/c1-3-8-16-9-10-17(15(16)19)11-14(18)13-6-4-12(2)5-7-13/h4-7,9-10,14,18H,3,8,11H2,1-2H3. The molecule has 19 heavy (non-hydrogen) atoms. The Morgan fingerprint density at radius 1 is 1.16 bits per heavy atom. The molecule has 4 nitrogen and oxygen atoms in total. The van der Waals surface area contributed by atoms with E-state index in [0.717, 1.165) is 17.5 Å². The molecule has 0 amide bonds. The first-order valence-corrected chi connectivity index (χ1v) is 6.62. The highest BCUT2D eigenvalue weighted by molar-refractivity contribution is 5.23. The predicted octanol–water partition coefficient (Wildman–Crippen LogP) is 2.10. The van der Waals surface area contributed by atoms with Crippen LogP contribution in [-0.2, 0) is 13.1 Å². The van der Waals surface area contributed by atoms with E-state index in [2.05, 4.69) is 0 Å². The van der Waals surface area contributed by atoms with Gasteiger partial charge in [0.25, 0.3) is 0 Å². The number of imidazole rings is 1. The lowest BCUT2D eigenvalue weighted by atomic mass is 10.1. The normalized spacial score (nSPS) is 12.6. The van der Waals surface area contributed by atoms with Crippen LogP contribution < -0.4 is 5.69 Å². The van der Waals surface area contributed by atoms with Crippen LogP contribution in [0, 0.1) is 6.92 Å². The van der Waals surface area contributed by atoms with E-state index < -0.39 is 6.10 Å². The zero-order valence-electron chi connectivity index (χ0n) is 11.4. The molecule has 0 radical (unpaired) electrons. The molecule has 0 aliphatic rings. The monoisotopic (exact) mass is 260 g/mol. The molecule has 1 heterocycles. The van der Waals surface area contributed by atoms with Gasteiger partial charge in [-0.3, -0.25) is 9.13 Å². The first kappa shape index (κ1) is 13.6. The lowest BCUT2D eigenvalue weighted by Gasteiger charge is -2.11. The molecule has 0 saturated heterocycles. The van der Waals surface area contributed by atoms with Crippen molar-refractivity contribution in [1.82, 2.24) is 9.13 Å². The van der Waals surface area contributed by atoms with Crippen LogP contribution in [0.3, 0.4) is 0 Å². The van der Waals surface area contributed by atoms with E-state index in [1.165, 1.54) is 0 Å². The molecule has 1 unspecified atom stereocenters. The van der Waals surface area contributed by atoms with Gasteiger partial charge in [-0.1, -0.05) is 36.8 Å². The van der Waals surface area contributed by atoms with E-state index in [4.69, 9.17) is 0 Å². The van der Waals surface area contributed by atoms with Gasteiger partial charge in [0.05, 0.1) is 12.6 Å². The first-order valence-electron chi connectivity index (χ1n) is 6.62. The molecule has 0 fully saturated rings. The molecule has 2 rings (SSSR count). The molecule has 0 aliphatic carbocycles. The van der Waals surface area contributed by atoms with Gasteiger partial charge in [0.15, 0.2) is 0 Å². The summed E-state index contributed by atoms with van der Waals surface area (Å²) in [7, 11) is 0. The Hall–Kier alpha value is -1.81. The lowest BCUT2D eigenvalue weighted by Crippen LogP contribution is -2.26. The Balaban J connectivity index is 2.12. The van der Waals surface area contributed by atoms with Crippen molar-refractivity contribution in [3.63, 3.8) is 0 Å². The number of benzene rings is 1. The minimum absolute atomic E-state index is 0.0620. The summed E-state index contributed by atoms with van der Waals surface area (Å²) in [5.41, 5.74) is 1.93. The highest BCUT2D eigenvalue weighted by Crippen LogP contribution is 2.15. The minimum atomic E-state index is -0.657. The molecular weight excluding hydrogens is 240 g/mol. The van der Waals surface area contributed by atoms with Crippen molar-refractivity contribution in [1.29, 1.82) is 0 Å². The zero-order chi connectivity index (χ0) is 13.8. The van der Waals surface area contributed by atoms with E-state index in [1.807, 2.05) is 38.1 Å². The van der Waals surface area contributed by atoms with Gasteiger partial charge in [-0.05, 0) is 18.9 Å². The Labute approximate surface area is 112 Å². The predicted molar refractivity (Wildman–Crippen MR) is 75.1 cm³/mol. The van der Waals surface area contributed by atoms with Gasteiger partial charge in [-0.2, -0.15) is 0 Å². The molecule has 102 valence electrons. The fourth-order valence-electron chi connectivity index (χ4n) is 2.08. The fourth-order valence-corrected chi connectivity index (χ4v) is 2.08. The maximum Gasteiger partial charge on any atom is 0.328 e. The molecule has 0 aliphatic heterocycles. The Bertz CT molecular complexity index is 581. The quantitative estimate of drug-likeness (QED) is 0.895. The van der Waals surface area contributed by atoms with Gasteiger partial charge in [-0.15, -0.1) is 0 Å². The third kappa shape index (κ3) is 3.15. The average Bonchev–Trinajstić information content (AvgIpc) is 2.73. The van der Waals surface area contributed by atoms with Crippen LogP contribution in [0.5, 0.6) is 0 Å². The van der Waals surface area contributed by atoms with Crippen LogP contribution in [0.4, 0.5) is 0 Å². The number of aromatic nitrogens is 2. The van der Waals surface area contributed by atoms with Gasteiger partial charge in [0.2, 0.25) is 0 Å². The summed E-state index contributed by atoms with van der Waals surface area (Å²) in [5.74, 6) is 0. The molecule has 0 bridgehead atoms. The van der Waals surface area contributed by atoms with Gasteiger partial charge < -0.3 is 5.11 Å². The second-order valence-electron chi connectivity index (χ2n) is 4.85. The van der Waals surface area contributed by atoms with Crippen LogP contribution in [0.2, 0.25) is 0 Å². The molecule has 0 saturated carbocycles. The molecule has 1 aromatic carbocycles. The van der Waals surface area contributed by atoms with Crippen molar-refractivity contribution in [3.8, 4) is 0 Å². The number of hydrogen-bond acceptors (Lipinski definition) is 2. The van der Waals surface area contributed by atoms with Crippen LogP contribution in [0.15, 0.2) is 41.5 Å². The Kier molecular flexibility index (Phi) is 4.22. The number of aliphatic hydroxyl groups excluding tert-OH is 1. The Morgan fingerprint density at radius 2 is 1.79 bits per heavy atom. The van der Waals surface area contributed by atoms with Crippen molar-refractivity contribution in [3.05, 3.63) is 58.3 Å². The average molecular weight is 260 g/mol. The summed E-state index contributed by atoms with van der Waals surface area (Å²) in [6.07, 6.45) is 3.77. The third-order valence-electron chi connectivity index (χ3n) is 3.21. The second-order valence-corrected chi connectivity index (χ2v) is 4.85. The van der Waals surface area contributed by atoms with Crippen molar-refractivity contribution < 1.29 is 5.11 Å². The highest BCUT2D eigenvalue weighted by Gasteiger charge is 2.10. The molecular formula is C15H20N2O2. The molecule has 1 N–H and O–H groups in total. The number of aliphatic hydroxyl groups is 1. The molecule has 0 spiro atoms. The van der Waals surface area contributed by atoms with Crippen LogP contribution in [0.1, 0.15) is 30.6 Å². The second kappa shape index (κ2) is 5.89. The summed E-state index contributed by atoms with van der Waals surface area (Å²) in [6, 6.07) is 7.72. The maximum atomic E-state index is 12.0. The number of hydrogen-bond donors (Lipinski definition) is 1. The maximum absolute atomic E-state index is 12.0. The molecule has 1 atom stereocenters. The third-order valence-corrected chi connectivity index (χ3v) is 3.21. The number of aryl methyl sites for hydroxylation is 2. The largest absolute Gasteiger partial charge is 0.387 e. The van der Waals surface area contributed by atoms with Crippen molar-refractivity contribution in [2.24, 2.45) is 0 Å². The van der Waals surface area contributed by atoms with Gasteiger partial charge in [0.1, 0.15) is 0 Å². The van der Waals surface area contributed by atoms with E-state index in [1.54, 1.807) is 21.5 Å².